The molecule has 0 bridgehead atoms. The van der Waals surface area contributed by atoms with Crippen molar-refractivity contribution >= 4 is 29.7 Å². The lowest BCUT2D eigenvalue weighted by Gasteiger charge is -2.08. The lowest BCUT2D eigenvalue weighted by molar-refractivity contribution is -0.120. The largest absolute Gasteiger partial charge is 0.465 e. The molecular weight excluding hydrogens is 330 g/mol. The first-order valence-corrected chi connectivity index (χ1v) is 8.87. The molecule has 0 aliphatic heterocycles. The van der Waals surface area contributed by atoms with E-state index in [0.29, 0.717) is 23.3 Å². The van der Waals surface area contributed by atoms with Crippen molar-refractivity contribution in [3.8, 4) is 0 Å². The quantitative estimate of drug-likeness (QED) is 0.352. The van der Waals surface area contributed by atoms with Gasteiger partial charge in [0.2, 0.25) is 0 Å². The minimum atomic E-state index is -0.534. The fraction of sp³-hybridized carbons (Fsp3) is 0.429. The van der Waals surface area contributed by atoms with E-state index in [1.807, 2.05) is 13.0 Å². The molecule has 0 fully saturated rings. The Hall–Kier alpha value is -2.56. The highest BCUT2D eigenvalue weighted by molar-refractivity contribution is 6.04. The number of aromatic nitrogens is 1. The van der Waals surface area contributed by atoms with Gasteiger partial charge in [0, 0.05) is 24.6 Å². The number of carbonyl (C=O) groups is 3. The molecule has 1 aromatic rings. The summed E-state index contributed by atoms with van der Waals surface area (Å²) < 4.78 is 4.79. The van der Waals surface area contributed by atoms with Crippen LogP contribution in [0.2, 0.25) is 0 Å². The fourth-order valence-electron chi connectivity index (χ4n) is 2.49. The zero-order valence-corrected chi connectivity index (χ0v) is 16.0. The van der Waals surface area contributed by atoms with Gasteiger partial charge in [0.25, 0.3) is 0 Å². The average molecular weight is 357 g/mol. The van der Waals surface area contributed by atoms with Gasteiger partial charge in [0.15, 0.2) is 5.78 Å². The average Bonchev–Trinajstić information content (AvgIpc) is 2.61. The van der Waals surface area contributed by atoms with Crippen molar-refractivity contribution in [2.45, 2.75) is 52.9 Å². The molecule has 0 aliphatic rings. The molecule has 26 heavy (non-hydrogen) atoms. The van der Waals surface area contributed by atoms with E-state index in [2.05, 4.69) is 11.9 Å². The summed E-state index contributed by atoms with van der Waals surface area (Å²) in [5.74, 6) is -0.691. The summed E-state index contributed by atoms with van der Waals surface area (Å²) >= 11 is 0. The number of rotatable bonds is 10. The highest BCUT2D eigenvalue weighted by Crippen LogP contribution is 2.19. The van der Waals surface area contributed by atoms with Crippen molar-refractivity contribution in [1.29, 1.82) is 0 Å². The molecule has 1 heterocycles. The maximum Gasteiger partial charge on any atom is 0.340 e. The first-order chi connectivity index (χ1) is 12.4. The molecule has 0 N–H and O–H groups in total. The highest BCUT2D eigenvalue weighted by Gasteiger charge is 2.15. The third-order valence-electron chi connectivity index (χ3n) is 3.93. The Morgan fingerprint density at radius 2 is 1.96 bits per heavy atom. The molecule has 1 rings (SSSR count). The Balaban J connectivity index is 3.20. The van der Waals surface area contributed by atoms with Crippen molar-refractivity contribution in [3.63, 3.8) is 0 Å². The SMILES string of the molecule is C/C=C/c1cc(/C=C(\CC(=O)CCCCC)C(C)=O)c(C(=O)OC)cn1. The first-order valence-electron chi connectivity index (χ1n) is 8.87. The van der Waals surface area contributed by atoms with Gasteiger partial charge >= 0.3 is 5.97 Å². The van der Waals surface area contributed by atoms with Gasteiger partial charge < -0.3 is 4.74 Å². The van der Waals surface area contributed by atoms with Gasteiger partial charge in [-0.1, -0.05) is 25.8 Å². The molecule has 5 nitrogen and oxygen atoms in total. The van der Waals surface area contributed by atoms with Crippen LogP contribution >= 0.6 is 0 Å². The topological polar surface area (TPSA) is 73.3 Å². The molecule has 0 unspecified atom stereocenters. The molecule has 140 valence electrons. The van der Waals surface area contributed by atoms with Crippen LogP contribution in [0.4, 0.5) is 0 Å². The molecule has 5 heteroatoms. The molecule has 0 saturated heterocycles. The van der Waals surface area contributed by atoms with Gasteiger partial charge in [-0.15, -0.1) is 0 Å². The number of Topliss-reactive ketones (excluding diaryl/α,β-unsaturated/α-hetero) is 2. The maximum atomic E-state index is 12.2. The number of pyridine rings is 1. The number of methoxy groups -OCH3 is 1. The van der Waals surface area contributed by atoms with Gasteiger partial charge in [-0.25, -0.2) is 4.79 Å². The van der Waals surface area contributed by atoms with Crippen LogP contribution in [0.1, 0.15) is 74.5 Å². The number of ketones is 2. The second-order valence-corrected chi connectivity index (χ2v) is 6.09. The van der Waals surface area contributed by atoms with Crippen LogP contribution in [0.25, 0.3) is 12.2 Å². The van der Waals surface area contributed by atoms with Crippen molar-refractivity contribution in [2.24, 2.45) is 0 Å². The van der Waals surface area contributed by atoms with Crippen LogP contribution in [0, 0.1) is 0 Å². The number of allylic oxidation sites excluding steroid dienone is 2. The predicted molar refractivity (Wildman–Crippen MR) is 103 cm³/mol. The van der Waals surface area contributed by atoms with Crippen LogP contribution < -0.4 is 0 Å². The zero-order chi connectivity index (χ0) is 19.5. The van der Waals surface area contributed by atoms with Crippen molar-refractivity contribution in [2.75, 3.05) is 7.11 Å². The van der Waals surface area contributed by atoms with Gasteiger partial charge in [-0.2, -0.15) is 0 Å². The number of esters is 1. The Labute approximate surface area is 155 Å². The van der Waals surface area contributed by atoms with E-state index >= 15 is 0 Å². The van der Waals surface area contributed by atoms with E-state index in [9.17, 15) is 14.4 Å². The normalized spacial score (nSPS) is 11.6. The van der Waals surface area contributed by atoms with Gasteiger partial charge in [-0.05, 0) is 44.1 Å². The standard InChI is InChI=1S/C21H27NO4/c1-5-7-8-10-19(24)13-16(15(3)23)11-17-12-18(9-6-2)22-14-20(17)21(25)26-4/h6,9,11-12,14H,5,7-8,10,13H2,1-4H3/b9-6+,16-11+. The molecule has 0 atom stereocenters. The zero-order valence-electron chi connectivity index (χ0n) is 16.0. The van der Waals surface area contributed by atoms with Crippen molar-refractivity contribution < 1.29 is 19.1 Å². The van der Waals surface area contributed by atoms with E-state index in [4.69, 9.17) is 4.74 Å². The van der Waals surface area contributed by atoms with Crippen molar-refractivity contribution in [3.05, 3.63) is 40.7 Å². The van der Waals surface area contributed by atoms with E-state index < -0.39 is 5.97 Å². The summed E-state index contributed by atoms with van der Waals surface area (Å²) in [7, 11) is 1.29. The second-order valence-electron chi connectivity index (χ2n) is 6.09. The summed E-state index contributed by atoms with van der Waals surface area (Å²) in [5, 5.41) is 0. The molecule has 0 saturated carbocycles. The van der Waals surface area contributed by atoms with Crippen LogP contribution in [0.3, 0.4) is 0 Å². The minimum Gasteiger partial charge on any atom is -0.465 e. The molecule has 0 radical (unpaired) electrons. The smallest absolute Gasteiger partial charge is 0.340 e. The number of carbonyl (C=O) groups excluding carboxylic acids is 3. The third-order valence-corrected chi connectivity index (χ3v) is 3.93. The Morgan fingerprint density at radius 3 is 2.54 bits per heavy atom. The van der Waals surface area contributed by atoms with Crippen LogP contribution in [0.5, 0.6) is 0 Å². The summed E-state index contributed by atoms with van der Waals surface area (Å²) in [6.07, 6.45) is 10.0. The minimum absolute atomic E-state index is 0.0299. The summed E-state index contributed by atoms with van der Waals surface area (Å²) in [6.45, 7) is 5.36. The number of nitrogens with zero attached hydrogens (tertiary/aromatic N) is 1. The van der Waals surface area contributed by atoms with Crippen LogP contribution in [-0.4, -0.2) is 29.6 Å². The third kappa shape index (κ3) is 6.75. The number of unbranched alkanes of at least 4 members (excludes halogenated alkanes) is 2. The first kappa shape index (κ1) is 21.5. The molecule has 0 spiro atoms. The second kappa shape index (κ2) is 11.1. The summed E-state index contributed by atoms with van der Waals surface area (Å²) in [5.41, 5.74) is 1.82. The molecule has 1 aromatic heterocycles. The number of hydrogen-bond acceptors (Lipinski definition) is 5. The van der Waals surface area contributed by atoms with Gasteiger partial charge in [0.05, 0.1) is 18.4 Å². The van der Waals surface area contributed by atoms with Crippen LogP contribution in [0.15, 0.2) is 23.9 Å². The van der Waals surface area contributed by atoms with Gasteiger partial charge in [-0.3, -0.25) is 14.6 Å². The van der Waals surface area contributed by atoms with Gasteiger partial charge in [0.1, 0.15) is 5.78 Å². The number of hydrogen-bond donors (Lipinski definition) is 0. The molecule has 0 aromatic carbocycles. The Kier molecular flexibility index (Phi) is 9.20. The molecule has 0 aliphatic carbocycles. The van der Waals surface area contributed by atoms with E-state index in [1.54, 1.807) is 18.2 Å². The number of ether oxygens (including phenoxy) is 1. The predicted octanol–water partition coefficient (Wildman–Crippen LogP) is 4.41. The molecule has 0 amide bonds. The lowest BCUT2D eigenvalue weighted by atomic mass is 9.98. The van der Waals surface area contributed by atoms with E-state index in [1.165, 1.54) is 20.2 Å². The molecular formula is C21H27NO4. The fourth-order valence-corrected chi connectivity index (χ4v) is 2.49. The Bertz CT molecular complexity index is 717. The Morgan fingerprint density at radius 1 is 1.23 bits per heavy atom. The van der Waals surface area contributed by atoms with E-state index in [0.717, 1.165) is 19.3 Å². The monoisotopic (exact) mass is 357 g/mol. The summed E-state index contributed by atoms with van der Waals surface area (Å²) in [4.78, 5) is 40.4. The maximum absolute atomic E-state index is 12.2. The van der Waals surface area contributed by atoms with Crippen LogP contribution in [-0.2, 0) is 14.3 Å². The van der Waals surface area contributed by atoms with E-state index in [-0.39, 0.29) is 23.6 Å². The highest BCUT2D eigenvalue weighted by atomic mass is 16.5. The summed E-state index contributed by atoms with van der Waals surface area (Å²) in [6, 6.07) is 1.71. The van der Waals surface area contributed by atoms with Crippen molar-refractivity contribution in [1.82, 2.24) is 4.98 Å². The lowest BCUT2D eigenvalue weighted by Crippen LogP contribution is -2.08.